The number of halogens is 1. The van der Waals surface area contributed by atoms with Crippen molar-refractivity contribution in [2.45, 2.75) is 32.7 Å². The van der Waals surface area contributed by atoms with Crippen LogP contribution in [0, 0.1) is 5.82 Å². The van der Waals surface area contributed by atoms with Gasteiger partial charge >= 0.3 is 6.03 Å². The van der Waals surface area contributed by atoms with Crippen molar-refractivity contribution in [3.05, 3.63) is 89.2 Å². The third-order valence-corrected chi connectivity index (χ3v) is 5.93. The SMILES string of the molecule is CCc1ccc(NC(=O)Nc2ccc(N3CCCC3)c(C(=O)NCc3ccc(F)cc3)c2)cc1. The largest absolute Gasteiger partial charge is 0.371 e. The van der Waals surface area contributed by atoms with Crippen LogP contribution in [0.2, 0.25) is 0 Å². The summed E-state index contributed by atoms with van der Waals surface area (Å²) in [4.78, 5) is 27.8. The number of benzene rings is 3. The maximum atomic E-state index is 13.2. The van der Waals surface area contributed by atoms with Crippen molar-refractivity contribution in [2.75, 3.05) is 28.6 Å². The smallest absolute Gasteiger partial charge is 0.323 e. The topological polar surface area (TPSA) is 73.5 Å². The summed E-state index contributed by atoms with van der Waals surface area (Å²) in [5, 5.41) is 8.55. The summed E-state index contributed by atoms with van der Waals surface area (Å²) in [6.07, 6.45) is 3.09. The first-order chi connectivity index (χ1) is 16.5. The number of rotatable bonds is 7. The molecule has 4 rings (SSSR count). The Bertz CT molecular complexity index is 1140. The van der Waals surface area contributed by atoms with Gasteiger partial charge in [-0.3, -0.25) is 4.79 Å². The Labute approximate surface area is 199 Å². The molecular formula is C27H29FN4O2. The molecular weight excluding hydrogens is 431 g/mol. The summed E-state index contributed by atoms with van der Waals surface area (Å²) in [5.41, 5.74) is 4.56. The molecule has 3 amide bonds. The average Bonchev–Trinajstić information content (AvgIpc) is 3.39. The maximum Gasteiger partial charge on any atom is 0.323 e. The number of carbonyl (C=O) groups excluding carboxylic acids is 2. The van der Waals surface area contributed by atoms with Crippen LogP contribution in [0.15, 0.2) is 66.7 Å². The molecule has 0 aliphatic carbocycles. The van der Waals surface area contributed by atoms with Crippen molar-refractivity contribution < 1.29 is 14.0 Å². The third-order valence-electron chi connectivity index (χ3n) is 5.93. The van der Waals surface area contributed by atoms with Crippen LogP contribution in [0.1, 0.15) is 41.3 Å². The van der Waals surface area contributed by atoms with Gasteiger partial charge in [-0.1, -0.05) is 31.2 Å². The fourth-order valence-electron chi connectivity index (χ4n) is 4.03. The molecule has 0 bridgehead atoms. The van der Waals surface area contributed by atoms with E-state index in [2.05, 4.69) is 27.8 Å². The molecule has 0 unspecified atom stereocenters. The Morgan fingerprint density at radius 1 is 0.853 bits per heavy atom. The van der Waals surface area contributed by atoms with Crippen LogP contribution < -0.4 is 20.9 Å². The summed E-state index contributed by atoms with van der Waals surface area (Å²) >= 11 is 0. The van der Waals surface area contributed by atoms with Crippen molar-refractivity contribution in [3.8, 4) is 0 Å². The third kappa shape index (κ3) is 5.92. The molecule has 3 aromatic carbocycles. The van der Waals surface area contributed by atoms with Crippen LogP contribution in [-0.2, 0) is 13.0 Å². The van der Waals surface area contributed by atoms with Gasteiger partial charge in [-0.05, 0) is 72.9 Å². The lowest BCUT2D eigenvalue weighted by Gasteiger charge is -2.22. The van der Waals surface area contributed by atoms with E-state index in [-0.39, 0.29) is 24.3 Å². The van der Waals surface area contributed by atoms with Crippen LogP contribution in [0.5, 0.6) is 0 Å². The molecule has 176 valence electrons. The van der Waals surface area contributed by atoms with Crippen molar-refractivity contribution in [1.82, 2.24) is 5.32 Å². The number of amides is 3. The highest BCUT2D eigenvalue weighted by Crippen LogP contribution is 2.28. The van der Waals surface area contributed by atoms with Crippen molar-refractivity contribution in [3.63, 3.8) is 0 Å². The van der Waals surface area contributed by atoms with Gasteiger partial charge in [-0.25, -0.2) is 9.18 Å². The van der Waals surface area contributed by atoms with Crippen LogP contribution in [0.25, 0.3) is 0 Å². The first-order valence-corrected chi connectivity index (χ1v) is 11.6. The minimum atomic E-state index is -0.379. The molecule has 0 spiro atoms. The van der Waals surface area contributed by atoms with Gasteiger partial charge in [0.1, 0.15) is 5.82 Å². The number of anilines is 3. The van der Waals surface area contributed by atoms with E-state index in [0.717, 1.165) is 43.6 Å². The zero-order valence-corrected chi connectivity index (χ0v) is 19.2. The predicted molar refractivity (Wildman–Crippen MR) is 134 cm³/mol. The summed E-state index contributed by atoms with van der Waals surface area (Å²) in [7, 11) is 0. The quantitative estimate of drug-likeness (QED) is 0.432. The molecule has 1 heterocycles. The van der Waals surface area contributed by atoms with E-state index in [0.29, 0.717) is 16.9 Å². The highest BCUT2D eigenvalue weighted by molar-refractivity contribution is 6.04. The Balaban J connectivity index is 1.48. The molecule has 1 saturated heterocycles. The summed E-state index contributed by atoms with van der Waals surface area (Å²) in [6, 6.07) is 18.7. The lowest BCUT2D eigenvalue weighted by Crippen LogP contribution is -2.27. The Morgan fingerprint density at radius 3 is 2.15 bits per heavy atom. The van der Waals surface area contributed by atoms with Crippen LogP contribution in [0.3, 0.4) is 0 Å². The second kappa shape index (κ2) is 10.8. The standard InChI is InChI=1S/C27H29FN4O2/c1-2-19-7-11-22(12-8-19)30-27(34)31-23-13-14-25(32-15-3-4-16-32)24(17-23)26(33)29-18-20-5-9-21(28)10-6-20/h5-14,17H,2-4,15-16,18H2,1H3,(H,29,33)(H2,30,31,34). The molecule has 34 heavy (non-hydrogen) atoms. The normalized spacial score (nSPS) is 12.9. The Hall–Kier alpha value is -3.87. The van der Waals surface area contributed by atoms with Gasteiger partial charge in [-0.15, -0.1) is 0 Å². The Morgan fingerprint density at radius 2 is 1.47 bits per heavy atom. The van der Waals surface area contributed by atoms with Crippen molar-refractivity contribution in [1.29, 1.82) is 0 Å². The van der Waals surface area contributed by atoms with E-state index in [9.17, 15) is 14.0 Å². The molecule has 7 heteroatoms. The molecule has 1 aliphatic rings. The van der Waals surface area contributed by atoms with Gasteiger partial charge in [0.25, 0.3) is 5.91 Å². The second-order valence-electron chi connectivity index (χ2n) is 8.36. The van der Waals surface area contributed by atoms with Gasteiger partial charge < -0.3 is 20.9 Å². The molecule has 0 atom stereocenters. The fourth-order valence-corrected chi connectivity index (χ4v) is 4.03. The number of hydrogen-bond acceptors (Lipinski definition) is 3. The molecule has 3 N–H and O–H groups in total. The van der Waals surface area contributed by atoms with E-state index >= 15 is 0 Å². The second-order valence-corrected chi connectivity index (χ2v) is 8.36. The number of hydrogen-bond donors (Lipinski definition) is 3. The van der Waals surface area contributed by atoms with E-state index in [4.69, 9.17) is 0 Å². The Kier molecular flexibility index (Phi) is 7.42. The molecule has 0 aromatic heterocycles. The molecule has 3 aromatic rings. The number of nitrogens with zero attached hydrogens (tertiary/aromatic N) is 1. The van der Waals surface area contributed by atoms with Gasteiger partial charge in [0.05, 0.1) is 5.56 Å². The zero-order chi connectivity index (χ0) is 23.9. The first-order valence-electron chi connectivity index (χ1n) is 11.6. The minimum Gasteiger partial charge on any atom is -0.371 e. The van der Waals surface area contributed by atoms with Crippen molar-refractivity contribution >= 4 is 29.0 Å². The minimum absolute atomic E-state index is 0.245. The monoisotopic (exact) mass is 460 g/mol. The lowest BCUT2D eigenvalue weighted by molar-refractivity contribution is 0.0951. The van der Waals surface area contributed by atoms with Gasteiger partial charge in [0.15, 0.2) is 0 Å². The zero-order valence-electron chi connectivity index (χ0n) is 19.2. The van der Waals surface area contributed by atoms with Crippen LogP contribution >= 0.6 is 0 Å². The van der Waals surface area contributed by atoms with Gasteiger partial charge in [0, 0.05) is 36.7 Å². The molecule has 0 radical (unpaired) electrons. The van der Waals surface area contributed by atoms with Crippen LogP contribution in [-0.4, -0.2) is 25.0 Å². The fraction of sp³-hybridized carbons (Fsp3) is 0.259. The van der Waals surface area contributed by atoms with Crippen molar-refractivity contribution in [2.24, 2.45) is 0 Å². The average molecular weight is 461 g/mol. The highest BCUT2D eigenvalue weighted by atomic mass is 19.1. The molecule has 0 saturated carbocycles. The maximum absolute atomic E-state index is 13.2. The number of carbonyl (C=O) groups is 2. The molecule has 1 aliphatic heterocycles. The number of aryl methyl sites for hydroxylation is 1. The summed E-state index contributed by atoms with van der Waals surface area (Å²) in [6.45, 7) is 4.14. The van der Waals surface area contributed by atoms with Crippen LogP contribution in [0.4, 0.5) is 26.2 Å². The van der Waals surface area contributed by atoms with E-state index in [1.165, 1.54) is 17.7 Å². The molecule has 6 nitrogen and oxygen atoms in total. The van der Waals surface area contributed by atoms with Gasteiger partial charge in [-0.2, -0.15) is 0 Å². The number of nitrogens with one attached hydrogen (secondary N) is 3. The lowest BCUT2D eigenvalue weighted by atomic mass is 10.1. The first kappa shape index (κ1) is 23.3. The van der Waals surface area contributed by atoms with E-state index in [1.54, 1.807) is 18.2 Å². The summed E-state index contributed by atoms with van der Waals surface area (Å²) < 4.78 is 13.2. The number of urea groups is 1. The van der Waals surface area contributed by atoms with E-state index in [1.807, 2.05) is 36.4 Å². The highest BCUT2D eigenvalue weighted by Gasteiger charge is 2.20. The summed E-state index contributed by atoms with van der Waals surface area (Å²) in [5.74, 6) is -0.560. The van der Waals surface area contributed by atoms with E-state index < -0.39 is 0 Å². The molecule has 1 fully saturated rings. The van der Waals surface area contributed by atoms with Gasteiger partial charge in [0.2, 0.25) is 0 Å². The predicted octanol–water partition coefficient (Wildman–Crippen LogP) is 5.56.